The zero-order valence-electron chi connectivity index (χ0n) is 22.0. The Morgan fingerprint density at radius 2 is 1.77 bits per heavy atom. The summed E-state index contributed by atoms with van der Waals surface area (Å²) < 4.78 is 6.96. The molecule has 1 atom stereocenters. The van der Waals surface area contributed by atoms with Crippen LogP contribution in [-0.2, 0) is 16.1 Å². The molecule has 9 nitrogen and oxygen atoms in total. The second-order valence-corrected chi connectivity index (χ2v) is 9.74. The van der Waals surface area contributed by atoms with Crippen molar-refractivity contribution in [2.75, 3.05) is 12.0 Å². The molecule has 9 heteroatoms. The Hall–Kier alpha value is -4.53. The number of aromatic nitrogens is 3. The molecule has 1 heterocycles. The lowest BCUT2D eigenvalue weighted by molar-refractivity contribution is -0.127. The number of benzene rings is 3. The van der Waals surface area contributed by atoms with Crippen molar-refractivity contribution in [3.63, 3.8) is 0 Å². The van der Waals surface area contributed by atoms with Crippen molar-refractivity contribution in [2.45, 2.75) is 51.2 Å². The Balaban J connectivity index is 1.64. The maximum absolute atomic E-state index is 14.3. The second kappa shape index (κ2) is 11.5. The van der Waals surface area contributed by atoms with Gasteiger partial charge in [0, 0.05) is 11.6 Å². The zero-order valence-corrected chi connectivity index (χ0v) is 22.0. The molecule has 0 aliphatic heterocycles. The van der Waals surface area contributed by atoms with Gasteiger partial charge in [0.15, 0.2) is 5.78 Å². The molecule has 2 amide bonds. The van der Waals surface area contributed by atoms with Crippen LogP contribution in [0.4, 0.5) is 5.69 Å². The van der Waals surface area contributed by atoms with Crippen molar-refractivity contribution < 1.29 is 19.1 Å². The molecule has 1 N–H and O–H groups in total. The molecule has 39 heavy (non-hydrogen) atoms. The van der Waals surface area contributed by atoms with Crippen LogP contribution in [0.25, 0.3) is 11.0 Å². The summed E-state index contributed by atoms with van der Waals surface area (Å²) in [5, 5.41) is 11.5. The zero-order chi connectivity index (χ0) is 27.4. The summed E-state index contributed by atoms with van der Waals surface area (Å²) in [5.41, 5.74) is 2.62. The standard InChI is InChI=1S/C30H31N5O4/c1-20(36)24-14-5-7-16-26(24)35(28(37)19-34-27-17-8-6-15-25(27)32-33-34)29(21-10-9-13-23(18-21)39-2)30(38)31-22-11-3-4-12-22/h5-10,13-18,22,29H,3-4,11-12,19H2,1-2H3,(H,31,38)/t29-/m0/s1. The second-order valence-electron chi connectivity index (χ2n) is 9.74. The van der Waals surface area contributed by atoms with Crippen LogP contribution >= 0.6 is 0 Å². The number of carbonyl (C=O) groups is 3. The first-order valence-electron chi connectivity index (χ1n) is 13.1. The third-order valence-electron chi connectivity index (χ3n) is 7.13. The van der Waals surface area contributed by atoms with Gasteiger partial charge in [0.2, 0.25) is 11.8 Å². The van der Waals surface area contributed by atoms with Gasteiger partial charge in [-0.05, 0) is 61.7 Å². The van der Waals surface area contributed by atoms with Gasteiger partial charge < -0.3 is 10.1 Å². The summed E-state index contributed by atoms with van der Waals surface area (Å²) in [6.45, 7) is 1.27. The number of para-hydroxylation sites is 2. The molecule has 5 rings (SSSR count). The molecule has 0 radical (unpaired) electrons. The van der Waals surface area contributed by atoms with Crippen LogP contribution in [0.5, 0.6) is 5.75 Å². The number of ether oxygens (including phenoxy) is 1. The number of hydrogen-bond acceptors (Lipinski definition) is 6. The van der Waals surface area contributed by atoms with Gasteiger partial charge in [-0.1, -0.05) is 54.5 Å². The molecule has 1 fully saturated rings. The van der Waals surface area contributed by atoms with Crippen molar-refractivity contribution in [3.05, 3.63) is 83.9 Å². The number of ketones is 1. The SMILES string of the molecule is COc1cccc([C@@H](C(=O)NC2CCCC2)N(C(=O)Cn2nnc3ccccc32)c2ccccc2C(C)=O)c1. The van der Waals surface area contributed by atoms with Gasteiger partial charge in [-0.2, -0.15) is 0 Å². The maximum atomic E-state index is 14.3. The number of rotatable bonds is 9. The van der Waals surface area contributed by atoms with Gasteiger partial charge in [-0.15, -0.1) is 5.10 Å². The lowest BCUT2D eigenvalue weighted by Gasteiger charge is -2.33. The number of nitrogens with zero attached hydrogens (tertiary/aromatic N) is 4. The number of Topliss-reactive ketones (excluding diaryl/α,β-unsaturated/α-hetero) is 1. The van der Waals surface area contributed by atoms with Gasteiger partial charge in [0.25, 0.3) is 0 Å². The average Bonchev–Trinajstić information content (AvgIpc) is 3.61. The maximum Gasteiger partial charge on any atom is 0.249 e. The van der Waals surface area contributed by atoms with E-state index in [4.69, 9.17) is 4.74 Å². The monoisotopic (exact) mass is 525 g/mol. The largest absolute Gasteiger partial charge is 0.497 e. The molecular weight excluding hydrogens is 494 g/mol. The minimum atomic E-state index is -1.05. The molecule has 1 aliphatic rings. The van der Waals surface area contributed by atoms with Crippen molar-refractivity contribution >= 4 is 34.3 Å². The highest BCUT2D eigenvalue weighted by molar-refractivity contribution is 6.08. The van der Waals surface area contributed by atoms with E-state index in [1.807, 2.05) is 24.3 Å². The Morgan fingerprint density at radius 1 is 1.03 bits per heavy atom. The number of methoxy groups -OCH3 is 1. The topological polar surface area (TPSA) is 106 Å². The van der Waals surface area contributed by atoms with E-state index in [0.29, 0.717) is 33.6 Å². The molecular formula is C30H31N5O4. The third kappa shape index (κ3) is 5.52. The fraction of sp³-hybridized carbons (Fsp3) is 0.300. The third-order valence-corrected chi connectivity index (χ3v) is 7.13. The molecule has 0 saturated heterocycles. The van der Waals surface area contributed by atoms with Crippen molar-refractivity contribution in [3.8, 4) is 5.75 Å². The van der Waals surface area contributed by atoms with Gasteiger partial charge >= 0.3 is 0 Å². The number of hydrogen-bond donors (Lipinski definition) is 1. The fourth-order valence-corrected chi connectivity index (χ4v) is 5.22. The predicted octanol–water partition coefficient (Wildman–Crippen LogP) is 4.48. The van der Waals surface area contributed by atoms with Gasteiger partial charge in [0.05, 0.1) is 18.3 Å². The van der Waals surface area contributed by atoms with E-state index in [2.05, 4.69) is 15.6 Å². The summed E-state index contributed by atoms with van der Waals surface area (Å²) in [4.78, 5) is 42.4. The van der Waals surface area contributed by atoms with E-state index in [1.165, 1.54) is 16.5 Å². The number of anilines is 1. The highest BCUT2D eigenvalue weighted by atomic mass is 16.5. The normalized spacial score (nSPS) is 14.2. The molecule has 0 spiro atoms. The minimum absolute atomic E-state index is 0.0323. The van der Waals surface area contributed by atoms with Gasteiger partial charge in [-0.25, -0.2) is 4.68 Å². The summed E-state index contributed by atoms with van der Waals surface area (Å²) in [5.74, 6) is -0.380. The first-order chi connectivity index (χ1) is 19.0. The number of carbonyl (C=O) groups excluding carboxylic acids is 3. The van der Waals surface area contributed by atoms with E-state index in [-0.39, 0.29) is 24.3 Å². The summed E-state index contributed by atoms with van der Waals surface area (Å²) in [7, 11) is 1.55. The Morgan fingerprint density at radius 3 is 2.54 bits per heavy atom. The predicted molar refractivity (Wildman–Crippen MR) is 148 cm³/mol. The Bertz CT molecular complexity index is 1510. The van der Waals surface area contributed by atoms with Crippen LogP contribution in [0.1, 0.15) is 54.6 Å². The summed E-state index contributed by atoms with van der Waals surface area (Å²) in [6, 6.07) is 20.3. The van der Waals surface area contributed by atoms with Crippen molar-refractivity contribution in [2.24, 2.45) is 0 Å². The van der Waals surface area contributed by atoms with E-state index in [0.717, 1.165) is 25.7 Å². The first-order valence-corrected chi connectivity index (χ1v) is 13.1. The lowest BCUT2D eigenvalue weighted by atomic mass is 9.99. The van der Waals surface area contributed by atoms with Crippen LogP contribution in [0.3, 0.4) is 0 Å². The van der Waals surface area contributed by atoms with Crippen LogP contribution in [-0.4, -0.2) is 45.7 Å². The number of fused-ring (bicyclic) bond motifs is 1. The van der Waals surface area contributed by atoms with Crippen LogP contribution in [0.15, 0.2) is 72.8 Å². The molecule has 1 saturated carbocycles. The Labute approximate surface area is 226 Å². The van der Waals surface area contributed by atoms with Crippen LogP contribution in [0.2, 0.25) is 0 Å². The van der Waals surface area contributed by atoms with Crippen molar-refractivity contribution in [1.29, 1.82) is 0 Å². The fourth-order valence-electron chi connectivity index (χ4n) is 5.22. The quantitative estimate of drug-likeness (QED) is 0.323. The number of amides is 2. The molecule has 0 unspecified atom stereocenters. The van der Waals surface area contributed by atoms with Gasteiger partial charge in [-0.3, -0.25) is 19.3 Å². The highest BCUT2D eigenvalue weighted by Crippen LogP contribution is 2.33. The van der Waals surface area contributed by atoms with Crippen LogP contribution in [0, 0.1) is 0 Å². The van der Waals surface area contributed by atoms with Gasteiger partial charge in [0.1, 0.15) is 23.9 Å². The highest BCUT2D eigenvalue weighted by Gasteiger charge is 2.36. The Kier molecular flexibility index (Phi) is 7.67. The van der Waals surface area contributed by atoms with E-state index < -0.39 is 11.9 Å². The molecule has 0 bridgehead atoms. The number of nitrogens with one attached hydrogen (secondary N) is 1. The summed E-state index contributed by atoms with van der Waals surface area (Å²) in [6.07, 6.45) is 3.87. The van der Waals surface area contributed by atoms with Crippen molar-refractivity contribution in [1.82, 2.24) is 20.3 Å². The first kappa shape index (κ1) is 26.1. The van der Waals surface area contributed by atoms with Crippen LogP contribution < -0.4 is 15.0 Å². The molecule has 1 aliphatic carbocycles. The smallest absolute Gasteiger partial charge is 0.249 e. The molecule has 1 aromatic heterocycles. The van der Waals surface area contributed by atoms with E-state index >= 15 is 0 Å². The van der Waals surface area contributed by atoms with E-state index in [1.54, 1.807) is 55.6 Å². The minimum Gasteiger partial charge on any atom is -0.497 e. The summed E-state index contributed by atoms with van der Waals surface area (Å²) >= 11 is 0. The lowest BCUT2D eigenvalue weighted by Crippen LogP contribution is -2.47. The molecule has 3 aromatic carbocycles. The average molecular weight is 526 g/mol. The molecule has 200 valence electrons. The van der Waals surface area contributed by atoms with E-state index in [9.17, 15) is 14.4 Å². The molecule has 4 aromatic rings.